The molecule has 0 spiro atoms. The van der Waals surface area contributed by atoms with Gasteiger partial charge >= 0.3 is 18.7 Å². The Bertz CT molecular complexity index is 982. The molecule has 2 aromatic carbocycles. The quantitative estimate of drug-likeness (QED) is 0.556. The number of hydrogen-bond donors (Lipinski definition) is 1. The summed E-state index contributed by atoms with van der Waals surface area (Å²) in [7, 11) is 0. The second-order valence-electron chi connectivity index (χ2n) is 5.06. The van der Waals surface area contributed by atoms with Crippen LogP contribution in [0, 0.1) is 5.82 Å². The molecule has 6 nitrogen and oxygen atoms in total. The summed E-state index contributed by atoms with van der Waals surface area (Å²) in [6, 6.07) is 8.61. The molecule has 0 aliphatic carbocycles. The van der Waals surface area contributed by atoms with E-state index in [9.17, 15) is 22.8 Å². The first-order valence-corrected chi connectivity index (χ1v) is 7.14. The Morgan fingerprint density at radius 2 is 1.77 bits per heavy atom. The third-order valence-corrected chi connectivity index (χ3v) is 3.39. The monoisotopic (exact) mass is 365 g/mol. The third-order valence-electron chi connectivity index (χ3n) is 3.39. The van der Waals surface area contributed by atoms with Crippen LogP contribution in [0.15, 0.2) is 46.9 Å². The van der Waals surface area contributed by atoms with Gasteiger partial charge in [0, 0.05) is 10.9 Å². The van der Waals surface area contributed by atoms with Crippen LogP contribution >= 0.6 is 0 Å². The molecule has 0 aliphatic rings. The lowest BCUT2D eigenvalue weighted by molar-refractivity contribution is -0.0497. The number of benzene rings is 2. The molecule has 0 unspecified atom stereocenters. The van der Waals surface area contributed by atoms with Gasteiger partial charge in [0.05, 0.1) is 0 Å². The summed E-state index contributed by atoms with van der Waals surface area (Å²) in [5.74, 6) is -1.93. The Labute approximate surface area is 143 Å². The van der Waals surface area contributed by atoms with E-state index in [1.54, 1.807) is 0 Å². The van der Waals surface area contributed by atoms with Crippen LogP contribution in [0.1, 0.15) is 10.4 Å². The number of esters is 1. The number of carbonyl (C=O) groups is 2. The van der Waals surface area contributed by atoms with Gasteiger partial charge in [-0.2, -0.15) is 8.78 Å². The predicted octanol–water partition coefficient (Wildman–Crippen LogP) is 4.08. The second kappa shape index (κ2) is 6.79. The number of hydrogen-bond acceptors (Lipinski definition) is 5. The number of rotatable bonds is 4. The highest BCUT2D eigenvalue weighted by Crippen LogP contribution is 2.36. The zero-order valence-corrected chi connectivity index (χ0v) is 12.9. The molecule has 0 saturated heterocycles. The molecule has 0 aliphatic heterocycles. The van der Waals surface area contributed by atoms with Crippen LogP contribution in [0.2, 0.25) is 0 Å². The van der Waals surface area contributed by atoms with Crippen molar-refractivity contribution < 1.29 is 36.7 Å². The minimum atomic E-state index is -3.07. The van der Waals surface area contributed by atoms with Gasteiger partial charge in [-0.05, 0) is 42.5 Å². The van der Waals surface area contributed by atoms with Gasteiger partial charge in [0.2, 0.25) is 0 Å². The second-order valence-corrected chi connectivity index (χ2v) is 5.06. The van der Waals surface area contributed by atoms with Crippen LogP contribution < -0.4 is 10.5 Å². The Hall–Kier alpha value is -3.49. The Morgan fingerprint density at radius 3 is 2.38 bits per heavy atom. The van der Waals surface area contributed by atoms with Crippen molar-refractivity contribution in [2.45, 2.75) is 6.61 Å². The molecule has 26 heavy (non-hydrogen) atoms. The first-order chi connectivity index (χ1) is 12.3. The summed E-state index contributed by atoms with van der Waals surface area (Å²) in [4.78, 5) is 23.2. The van der Waals surface area contributed by atoms with Crippen LogP contribution in [0.3, 0.4) is 0 Å². The van der Waals surface area contributed by atoms with Gasteiger partial charge in [-0.3, -0.25) is 0 Å². The number of fused-ring (bicyclic) bond motifs is 1. The van der Waals surface area contributed by atoms with Gasteiger partial charge < -0.3 is 19.6 Å². The van der Waals surface area contributed by atoms with Crippen LogP contribution in [-0.4, -0.2) is 18.7 Å². The average Bonchev–Trinajstić information content (AvgIpc) is 2.93. The molecule has 1 amide bonds. The third kappa shape index (κ3) is 3.46. The van der Waals surface area contributed by atoms with Crippen LogP contribution in [0.5, 0.6) is 5.75 Å². The van der Waals surface area contributed by atoms with E-state index in [0.29, 0.717) is 5.56 Å². The van der Waals surface area contributed by atoms with Crippen molar-refractivity contribution in [3.8, 4) is 17.1 Å². The van der Waals surface area contributed by atoms with Gasteiger partial charge in [0.15, 0.2) is 0 Å². The van der Waals surface area contributed by atoms with Gasteiger partial charge in [-0.1, -0.05) is 0 Å². The van der Waals surface area contributed by atoms with Crippen molar-refractivity contribution >= 4 is 23.0 Å². The summed E-state index contributed by atoms with van der Waals surface area (Å²) in [5.41, 5.74) is 5.07. The van der Waals surface area contributed by atoms with Gasteiger partial charge in [-0.15, -0.1) is 0 Å². The SMILES string of the molecule is NC(=O)OC(=O)c1c(-c2ccc(F)cc2)oc2ccc(OC(F)F)cc12. The maximum absolute atomic E-state index is 13.1. The molecule has 2 N–H and O–H groups in total. The number of furan rings is 1. The van der Waals surface area contributed by atoms with E-state index in [4.69, 9.17) is 10.2 Å². The Kier molecular flexibility index (Phi) is 4.53. The molecule has 0 radical (unpaired) electrons. The maximum atomic E-state index is 13.1. The van der Waals surface area contributed by atoms with Crippen molar-refractivity contribution in [1.29, 1.82) is 0 Å². The van der Waals surface area contributed by atoms with E-state index < -0.39 is 24.5 Å². The number of alkyl halides is 2. The van der Waals surface area contributed by atoms with Crippen LogP contribution in [0.4, 0.5) is 18.0 Å². The largest absolute Gasteiger partial charge is 0.455 e. The molecular weight excluding hydrogens is 355 g/mol. The van der Waals surface area contributed by atoms with E-state index in [1.165, 1.54) is 24.3 Å². The molecule has 0 atom stereocenters. The van der Waals surface area contributed by atoms with Crippen LogP contribution in [0.25, 0.3) is 22.3 Å². The number of halogens is 3. The summed E-state index contributed by atoms with van der Waals surface area (Å²) >= 11 is 0. The zero-order chi connectivity index (χ0) is 18.8. The van der Waals surface area contributed by atoms with Crippen molar-refractivity contribution in [3.05, 3.63) is 53.8 Å². The van der Waals surface area contributed by atoms with E-state index in [2.05, 4.69) is 9.47 Å². The summed E-state index contributed by atoms with van der Waals surface area (Å²) < 4.78 is 52.2. The van der Waals surface area contributed by atoms with Crippen molar-refractivity contribution in [2.24, 2.45) is 5.73 Å². The molecule has 1 heterocycles. The van der Waals surface area contributed by atoms with Crippen molar-refractivity contribution in [1.82, 2.24) is 0 Å². The van der Waals surface area contributed by atoms with Crippen molar-refractivity contribution in [3.63, 3.8) is 0 Å². The first-order valence-electron chi connectivity index (χ1n) is 7.14. The fraction of sp³-hybridized carbons (Fsp3) is 0.0588. The highest BCUT2D eigenvalue weighted by molar-refractivity contribution is 6.11. The van der Waals surface area contributed by atoms with E-state index in [-0.39, 0.29) is 28.0 Å². The molecule has 9 heteroatoms. The van der Waals surface area contributed by atoms with Crippen LogP contribution in [-0.2, 0) is 4.74 Å². The number of amides is 1. The fourth-order valence-corrected chi connectivity index (χ4v) is 2.40. The van der Waals surface area contributed by atoms with Gasteiger partial charge in [0.1, 0.15) is 28.5 Å². The van der Waals surface area contributed by atoms with Crippen molar-refractivity contribution in [2.75, 3.05) is 0 Å². The fourth-order valence-electron chi connectivity index (χ4n) is 2.40. The normalized spacial score (nSPS) is 10.9. The molecule has 134 valence electrons. The number of ether oxygens (including phenoxy) is 2. The summed E-state index contributed by atoms with van der Waals surface area (Å²) in [6.07, 6.45) is -1.35. The minimum absolute atomic E-state index is 0.0413. The number of carbonyl (C=O) groups excluding carboxylic acids is 2. The highest BCUT2D eigenvalue weighted by Gasteiger charge is 2.25. The molecule has 0 fully saturated rings. The van der Waals surface area contributed by atoms with Gasteiger partial charge in [0.25, 0.3) is 0 Å². The van der Waals surface area contributed by atoms with E-state index in [0.717, 1.165) is 18.2 Å². The molecule has 0 saturated carbocycles. The predicted molar refractivity (Wildman–Crippen MR) is 83.2 cm³/mol. The lowest BCUT2D eigenvalue weighted by Crippen LogP contribution is -2.18. The Morgan fingerprint density at radius 1 is 1.08 bits per heavy atom. The summed E-state index contributed by atoms with van der Waals surface area (Å²) in [6.45, 7) is -3.07. The molecule has 3 rings (SSSR count). The standard InChI is InChI=1S/C17H10F3NO5/c18-9-3-1-8(2-4-9)14-13(15(22)26-17(21)23)11-7-10(24-16(19)20)5-6-12(11)25-14/h1-7,16H,(H2,21,23). The molecular formula is C17H10F3NO5. The molecule has 1 aromatic heterocycles. The van der Waals surface area contributed by atoms with E-state index in [1.807, 2.05) is 0 Å². The number of nitrogens with two attached hydrogens (primary N) is 1. The average molecular weight is 365 g/mol. The lowest BCUT2D eigenvalue weighted by Gasteiger charge is -2.04. The number of primary amides is 1. The maximum Gasteiger partial charge on any atom is 0.412 e. The van der Waals surface area contributed by atoms with Gasteiger partial charge in [-0.25, -0.2) is 14.0 Å². The topological polar surface area (TPSA) is 91.8 Å². The molecule has 3 aromatic rings. The molecule has 0 bridgehead atoms. The first kappa shape index (κ1) is 17.3. The minimum Gasteiger partial charge on any atom is -0.455 e. The Balaban J connectivity index is 2.20. The van der Waals surface area contributed by atoms with E-state index >= 15 is 0 Å². The summed E-state index contributed by atoms with van der Waals surface area (Å²) in [5, 5.41) is 0.0636. The zero-order valence-electron chi connectivity index (χ0n) is 12.9. The lowest BCUT2D eigenvalue weighted by atomic mass is 10.1. The highest BCUT2D eigenvalue weighted by atomic mass is 19.3. The smallest absolute Gasteiger partial charge is 0.412 e.